The molecule has 0 unspecified atom stereocenters. The summed E-state index contributed by atoms with van der Waals surface area (Å²) in [7, 11) is 1.82. The Morgan fingerprint density at radius 2 is 1.86 bits per heavy atom. The van der Waals surface area contributed by atoms with E-state index in [-0.39, 0.29) is 5.82 Å². The molecule has 0 saturated carbocycles. The van der Waals surface area contributed by atoms with E-state index in [0.717, 1.165) is 35.6 Å². The second kappa shape index (κ2) is 6.52. The van der Waals surface area contributed by atoms with Crippen LogP contribution in [0.1, 0.15) is 30.3 Å². The SMILES string of the molecule is CCCc1nc(NC)c(C)c(Nc2cc(C)ccc2F)n1. The number of nitrogens with zero attached hydrogens (tertiary/aromatic N) is 2. The normalized spacial score (nSPS) is 10.5. The zero-order valence-electron chi connectivity index (χ0n) is 12.9. The lowest BCUT2D eigenvalue weighted by Crippen LogP contribution is -2.08. The summed E-state index contributed by atoms with van der Waals surface area (Å²) in [5.41, 5.74) is 2.30. The summed E-state index contributed by atoms with van der Waals surface area (Å²) in [6, 6.07) is 4.98. The number of halogens is 1. The lowest BCUT2D eigenvalue weighted by molar-refractivity contribution is 0.631. The Kier molecular flexibility index (Phi) is 4.73. The van der Waals surface area contributed by atoms with Gasteiger partial charge in [0.1, 0.15) is 23.3 Å². The van der Waals surface area contributed by atoms with Crippen molar-refractivity contribution in [3.63, 3.8) is 0 Å². The third-order valence-electron chi connectivity index (χ3n) is 3.28. The van der Waals surface area contributed by atoms with Crippen molar-refractivity contribution in [3.05, 3.63) is 41.0 Å². The van der Waals surface area contributed by atoms with Gasteiger partial charge in [0.2, 0.25) is 0 Å². The van der Waals surface area contributed by atoms with Crippen LogP contribution in [0.5, 0.6) is 0 Å². The van der Waals surface area contributed by atoms with E-state index in [1.807, 2.05) is 20.9 Å². The van der Waals surface area contributed by atoms with E-state index in [0.29, 0.717) is 11.5 Å². The molecule has 21 heavy (non-hydrogen) atoms. The van der Waals surface area contributed by atoms with Crippen LogP contribution in [0.25, 0.3) is 0 Å². The van der Waals surface area contributed by atoms with E-state index < -0.39 is 0 Å². The summed E-state index contributed by atoms with van der Waals surface area (Å²) < 4.78 is 13.9. The molecule has 1 heterocycles. The molecule has 2 aromatic rings. The molecule has 0 aliphatic carbocycles. The smallest absolute Gasteiger partial charge is 0.146 e. The molecular formula is C16H21FN4. The topological polar surface area (TPSA) is 49.8 Å². The molecule has 2 N–H and O–H groups in total. The van der Waals surface area contributed by atoms with Crippen LogP contribution < -0.4 is 10.6 Å². The molecule has 0 spiro atoms. The van der Waals surface area contributed by atoms with E-state index in [9.17, 15) is 4.39 Å². The van der Waals surface area contributed by atoms with Gasteiger partial charge in [0.05, 0.1) is 5.69 Å². The van der Waals surface area contributed by atoms with Crippen LogP contribution in [0.4, 0.5) is 21.7 Å². The van der Waals surface area contributed by atoms with Gasteiger partial charge in [-0.05, 0) is 38.0 Å². The Balaban J connectivity index is 2.42. The molecule has 1 aromatic heterocycles. The van der Waals surface area contributed by atoms with Crippen LogP contribution in [0.3, 0.4) is 0 Å². The molecule has 0 fully saturated rings. The number of rotatable bonds is 5. The number of hydrogen-bond acceptors (Lipinski definition) is 4. The molecule has 5 heteroatoms. The Bertz CT molecular complexity index is 640. The Hall–Kier alpha value is -2.17. The van der Waals surface area contributed by atoms with Crippen molar-refractivity contribution in [2.24, 2.45) is 0 Å². The quantitative estimate of drug-likeness (QED) is 0.874. The zero-order chi connectivity index (χ0) is 15.4. The highest BCUT2D eigenvalue weighted by Gasteiger charge is 2.12. The first kappa shape index (κ1) is 15.2. The van der Waals surface area contributed by atoms with Gasteiger partial charge in [-0.15, -0.1) is 0 Å². The maximum absolute atomic E-state index is 13.9. The van der Waals surface area contributed by atoms with Crippen LogP contribution >= 0.6 is 0 Å². The number of nitrogens with one attached hydrogen (secondary N) is 2. The van der Waals surface area contributed by atoms with Gasteiger partial charge in [-0.25, -0.2) is 14.4 Å². The van der Waals surface area contributed by atoms with Crippen LogP contribution in [-0.4, -0.2) is 17.0 Å². The van der Waals surface area contributed by atoms with E-state index in [4.69, 9.17) is 0 Å². The number of benzene rings is 1. The van der Waals surface area contributed by atoms with Crippen molar-refractivity contribution in [3.8, 4) is 0 Å². The maximum atomic E-state index is 13.9. The average molecular weight is 288 g/mol. The van der Waals surface area contributed by atoms with Crippen LogP contribution in [0.15, 0.2) is 18.2 Å². The molecule has 0 aliphatic rings. The first-order valence-corrected chi connectivity index (χ1v) is 7.13. The third-order valence-corrected chi connectivity index (χ3v) is 3.28. The molecule has 1 aromatic carbocycles. The van der Waals surface area contributed by atoms with Crippen molar-refractivity contribution in [1.29, 1.82) is 0 Å². The van der Waals surface area contributed by atoms with Gasteiger partial charge in [-0.2, -0.15) is 0 Å². The van der Waals surface area contributed by atoms with Gasteiger partial charge in [0, 0.05) is 19.0 Å². The summed E-state index contributed by atoms with van der Waals surface area (Å²) in [5.74, 6) is 1.87. The second-order valence-electron chi connectivity index (χ2n) is 5.07. The van der Waals surface area contributed by atoms with Crippen molar-refractivity contribution in [2.45, 2.75) is 33.6 Å². The minimum absolute atomic E-state index is 0.290. The molecule has 0 atom stereocenters. The average Bonchev–Trinajstić information content (AvgIpc) is 2.46. The highest BCUT2D eigenvalue weighted by atomic mass is 19.1. The molecule has 0 aliphatic heterocycles. The Morgan fingerprint density at radius 3 is 2.52 bits per heavy atom. The molecule has 2 rings (SSSR count). The summed E-state index contributed by atoms with van der Waals surface area (Å²) in [6.07, 6.45) is 1.75. The highest BCUT2D eigenvalue weighted by Crippen LogP contribution is 2.25. The second-order valence-corrected chi connectivity index (χ2v) is 5.07. The molecule has 0 saturated heterocycles. The number of hydrogen-bond donors (Lipinski definition) is 2. The molecule has 0 bridgehead atoms. The van der Waals surface area contributed by atoms with Crippen molar-refractivity contribution < 1.29 is 4.39 Å². The lowest BCUT2D eigenvalue weighted by Gasteiger charge is -2.14. The number of anilines is 3. The van der Waals surface area contributed by atoms with Gasteiger partial charge in [-0.1, -0.05) is 13.0 Å². The number of aromatic nitrogens is 2. The Morgan fingerprint density at radius 1 is 1.14 bits per heavy atom. The summed E-state index contributed by atoms with van der Waals surface area (Å²) in [5, 5.41) is 6.15. The summed E-state index contributed by atoms with van der Waals surface area (Å²) in [4.78, 5) is 8.97. The van der Waals surface area contributed by atoms with E-state index >= 15 is 0 Å². The van der Waals surface area contributed by atoms with Crippen molar-refractivity contribution in [2.75, 3.05) is 17.7 Å². The van der Waals surface area contributed by atoms with Crippen LogP contribution in [-0.2, 0) is 6.42 Å². The van der Waals surface area contributed by atoms with Crippen molar-refractivity contribution in [1.82, 2.24) is 9.97 Å². The fraction of sp³-hybridized carbons (Fsp3) is 0.375. The minimum Gasteiger partial charge on any atom is -0.373 e. The summed E-state index contributed by atoms with van der Waals surface area (Å²) in [6.45, 7) is 5.92. The first-order valence-electron chi connectivity index (χ1n) is 7.13. The molecule has 4 nitrogen and oxygen atoms in total. The van der Waals surface area contributed by atoms with Gasteiger partial charge in [0.15, 0.2) is 0 Å². The Labute approximate surface area is 124 Å². The molecule has 0 radical (unpaired) electrons. The molecule has 112 valence electrons. The lowest BCUT2D eigenvalue weighted by atomic mass is 10.2. The highest BCUT2D eigenvalue weighted by molar-refractivity contribution is 5.65. The van der Waals surface area contributed by atoms with E-state index in [1.54, 1.807) is 12.1 Å². The predicted molar refractivity (Wildman–Crippen MR) is 84.7 cm³/mol. The van der Waals surface area contributed by atoms with Gasteiger partial charge < -0.3 is 10.6 Å². The predicted octanol–water partition coefficient (Wildman–Crippen LogP) is 3.97. The maximum Gasteiger partial charge on any atom is 0.146 e. The summed E-state index contributed by atoms with van der Waals surface area (Å²) >= 11 is 0. The first-order chi connectivity index (χ1) is 10.0. The fourth-order valence-electron chi connectivity index (χ4n) is 2.13. The van der Waals surface area contributed by atoms with E-state index in [1.165, 1.54) is 6.07 Å². The third kappa shape index (κ3) is 3.48. The van der Waals surface area contributed by atoms with Gasteiger partial charge in [0.25, 0.3) is 0 Å². The van der Waals surface area contributed by atoms with Crippen LogP contribution in [0, 0.1) is 19.7 Å². The largest absolute Gasteiger partial charge is 0.373 e. The zero-order valence-corrected chi connectivity index (χ0v) is 12.9. The van der Waals surface area contributed by atoms with Gasteiger partial charge in [-0.3, -0.25) is 0 Å². The van der Waals surface area contributed by atoms with Crippen molar-refractivity contribution >= 4 is 17.3 Å². The molecular weight excluding hydrogens is 267 g/mol. The van der Waals surface area contributed by atoms with Gasteiger partial charge >= 0.3 is 0 Å². The minimum atomic E-state index is -0.290. The molecule has 0 amide bonds. The van der Waals surface area contributed by atoms with E-state index in [2.05, 4.69) is 27.5 Å². The van der Waals surface area contributed by atoms with Crippen LogP contribution in [0.2, 0.25) is 0 Å². The number of aryl methyl sites for hydroxylation is 2. The fourth-order valence-corrected chi connectivity index (χ4v) is 2.13. The monoisotopic (exact) mass is 288 g/mol. The standard InChI is InChI=1S/C16H21FN4/c1-5-6-14-20-15(18-4)11(3)16(21-14)19-13-9-10(2)7-8-12(13)17/h7-9H,5-6H2,1-4H3,(H2,18,19,20,21).